The van der Waals surface area contributed by atoms with E-state index in [2.05, 4.69) is 24.1 Å². The Balaban J connectivity index is 2.22. The third kappa shape index (κ3) is 6.02. The minimum Gasteiger partial charge on any atom is -0.375 e. The summed E-state index contributed by atoms with van der Waals surface area (Å²) in [6.45, 7) is 8.22. The molecule has 0 bridgehead atoms. The summed E-state index contributed by atoms with van der Waals surface area (Å²) < 4.78 is 4.83. The van der Waals surface area contributed by atoms with Gasteiger partial charge in [0.1, 0.15) is 6.61 Å². The van der Waals surface area contributed by atoms with Gasteiger partial charge in [-0.15, -0.1) is 0 Å². The number of nitrogens with one attached hydrogen (secondary N) is 1. The van der Waals surface area contributed by atoms with Crippen molar-refractivity contribution in [3.63, 3.8) is 0 Å². The molecule has 0 aromatic heterocycles. The molecule has 2 amide bonds. The van der Waals surface area contributed by atoms with Gasteiger partial charge in [-0.25, -0.2) is 0 Å². The van der Waals surface area contributed by atoms with E-state index in [1.54, 1.807) is 4.90 Å². The van der Waals surface area contributed by atoms with Crippen molar-refractivity contribution in [1.82, 2.24) is 15.1 Å². The molecule has 1 aliphatic heterocycles. The van der Waals surface area contributed by atoms with Crippen molar-refractivity contribution < 1.29 is 14.3 Å². The van der Waals surface area contributed by atoms with Gasteiger partial charge in [0.15, 0.2) is 0 Å². The van der Waals surface area contributed by atoms with E-state index in [9.17, 15) is 9.59 Å². The van der Waals surface area contributed by atoms with E-state index in [0.29, 0.717) is 32.1 Å². The van der Waals surface area contributed by atoms with Crippen LogP contribution in [0.1, 0.15) is 13.8 Å². The highest BCUT2D eigenvalue weighted by molar-refractivity contribution is 5.78. The van der Waals surface area contributed by atoms with Crippen LogP contribution in [0.3, 0.4) is 0 Å². The molecule has 0 unspecified atom stereocenters. The predicted octanol–water partition coefficient (Wildman–Crippen LogP) is -0.451. The van der Waals surface area contributed by atoms with Crippen LogP contribution in [-0.4, -0.2) is 74.6 Å². The summed E-state index contributed by atoms with van der Waals surface area (Å²) in [5.41, 5.74) is 0. The normalized spacial score (nSPS) is 16.7. The second kappa shape index (κ2) is 8.12. The highest BCUT2D eigenvalue weighted by Gasteiger charge is 2.21. The Kier molecular flexibility index (Phi) is 6.80. The third-order valence-corrected chi connectivity index (χ3v) is 3.07. The Hall–Kier alpha value is -1.14. The average molecular weight is 271 g/mol. The lowest BCUT2D eigenvalue weighted by Gasteiger charge is -2.34. The smallest absolute Gasteiger partial charge is 0.248 e. The zero-order valence-electron chi connectivity index (χ0n) is 12.1. The summed E-state index contributed by atoms with van der Waals surface area (Å²) in [4.78, 5) is 27.1. The van der Waals surface area contributed by atoms with Crippen LogP contribution in [0.4, 0.5) is 0 Å². The maximum Gasteiger partial charge on any atom is 0.248 e. The minimum absolute atomic E-state index is 0.0198. The predicted molar refractivity (Wildman–Crippen MR) is 72.7 cm³/mol. The molecule has 0 atom stereocenters. The molecule has 0 aromatic carbocycles. The van der Waals surface area contributed by atoms with Gasteiger partial charge in [0.2, 0.25) is 11.8 Å². The van der Waals surface area contributed by atoms with Crippen molar-refractivity contribution >= 4 is 11.8 Å². The van der Waals surface area contributed by atoms with Gasteiger partial charge in [-0.2, -0.15) is 0 Å². The maximum absolute atomic E-state index is 11.7. The number of nitrogens with zero attached hydrogens (tertiary/aromatic N) is 2. The molecule has 6 heteroatoms. The molecule has 1 N–H and O–H groups in total. The maximum atomic E-state index is 11.7. The highest BCUT2D eigenvalue weighted by Crippen LogP contribution is 2.02. The molecule has 1 fully saturated rings. The minimum atomic E-state index is 0.0198. The molecule has 0 aromatic rings. The van der Waals surface area contributed by atoms with Crippen LogP contribution in [0.25, 0.3) is 0 Å². The number of amides is 2. The van der Waals surface area contributed by atoms with E-state index in [4.69, 9.17) is 4.74 Å². The molecule has 6 nitrogen and oxygen atoms in total. The highest BCUT2D eigenvalue weighted by atomic mass is 16.5. The summed E-state index contributed by atoms with van der Waals surface area (Å²) in [6.07, 6.45) is 0. The van der Waals surface area contributed by atoms with Crippen LogP contribution >= 0.6 is 0 Å². The molecule has 0 spiro atoms. The van der Waals surface area contributed by atoms with Crippen molar-refractivity contribution in [3.05, 3.63) is 0 Å². The second-order valence-corrected chi connectivity index (χ2v) is 5.29. The molecule has 1 rings (SSSR count). The molecule has 1 heterocycles. The lowest BCUT2D eigenvalue weighted by atomic mass is 10.2. The Bertz CT molecular complexity index is 300. The fourth-order valence-electron chi connectivity index (χ4n) is 1.95. The molecule has 19 heavy (non-hydrogen) atoms. The third-order valence-electron chi connectivity index (χ3n) is 3.07. The van der Waals surface area contributed by atoms with Gasteiger partial charge in [-0.3, -0.25) is 14.5 Å². The monoisotopic (exact) mass is 271 g/mol. The van der Waals surface area contributed by atoms with E-state index in [1.807, 2.05) is 0 Å². The van der Waals surface area contributed by atoms with Crippen LogP contribution in [0.15, 0.2) is 0 Å². The van der Waals surface area contributed by atoms with Crippen LogP contribution in [0, 0.1) is 5.92 Å². The Morgan fingerprint density at radius 1 is 1.21 bits per heavy atom. The lowest BCUT2D eigenvalue weighted by Crippen LogP contribution is -2.52. The molecule has 0 aliphatic carbocycles. The Morgan fingerprint density at radius 2 is 1.84 bits per heavy atom. The van der Waals surface area contributed by atoms with E-state index in [-0.39, 0.29) is 18.4 Å². The number of carbonyl (C=O) groups is 2. The zero-order valence-corrected chi connectivity index (χ0v) is 12.1. The number of hydrogen-bond donors (Lipinski definition) is 1. The summed E-state index contributed by atoms with van der Waals surface area (Å²) in [7, 11) is 1.52. The Labute approximate surface area is 115 Å². The fraction of sp³-hybridized carbons (Fsp3) is 0.846. The standard InChI is InChI=1S/C13H25N3O3/c1-11(2)8-14-12(17)9-15-4-6-16(7-5-15)13(18)10-19-3/h11H,4-10H2,1-3H3,(H,14,17). The van der Waals surface area contributed by atoms with E-state index in [1.165, 1.54) is 7.11 Å². The van der Waals surface area contributed by atoms with Gasteiger partial charge in [0.25, 0.3) is 0 Å². The van der Waals surface area contributed by atoms with Gasteiger partial charge < -0.3 is 15.0 Å². The van der Waals surface area contributed by atoms with Gasteiger partial charge in [0, 0.05) is 39.8 Å². The number of rotatable bonds is 6. The summed E-state index contributed by atoms with van der Waals surface area (Å²) >= 11 is 0. The first-order valence-electron chi connectivity index (χ1n) is 6.78. The largest absolute Gasteiger partial charge is 0.375 e. The number of methoxy groups -OCH3 is 1. The first-order chi connectivity index (χ1) is 9.02. The molecular formula is C13H25N3O3. The van der Waals surface area contributed by atoms with Gasteiger partial charge in [0.05, 0.1) is 6.54 Å². The number of ether oxygens (including phenoxy) is 1. The number of hydrogen-bond acceptors (Lipinski definition) is 4. The average Bonchev–Trinajstić information content (AvgIpc) is 2.37. The van der Waals surface area contributed by atoms with Gasteiger partial charge in [-0.1, -0.05) is 13.8 Å². The van der Waals surface area contributed by atoms with E-state index in [0.717, 1.165) is 13.1 Å². The summed E-state index contributed by atoms with van der Waals surface area (Å²) in [6, 6.07) is 0. The van der Waals surface area contributed by atoms with Gasteiger partial charge >= 0.3 is 0 Å². The van der Waals surface area contributed by atoms with Crippen molar-refractivity contribution in [1.29, 1.82) is 0 Å². The second-order valence-electron chi connectivity index (χ2n) is 5.29. The van der Waals surface area contributed by atoms with Crippen molar-refractivity contribution in [2.45, 2.75) is 13.8 Å². The van der Waals surface area contributed by atoms with E-state index >= 15 is 0 Å². The first kappa shape index (κ1) is 15.9. The molecule has 0 radical (unpaired) electrons. The zero-order chi connectivity index (χ0) is 14.3. The number of piperazine rings is 1. The van der Waals surface area contributed by atoms with Crippen LogP contribution in [0.2, 0.25) is 0 Å². The Morgan fingerprint density at radius 3 is 2.37 bits per heavy atom. The quantitative estimate of drug-likeness (QED) is 0.711. The summed E-state index contributed by atoms with van der Waals surface area (Å²) in [5.74, 6) is 0.546. The molecule has 110 valence electrons. The fourth-order valence-corrected chi connectivity index (χ4v) is 1.95. The van der Waals surface area contributed by atoms with E-state index < -0.39 is 0 Å². The van der Waals surface area contributed by atoms with Crippen LogP contribution in [0.5, 0.6) is 0 Å². The van der Waals surface area contributed by atoms with Crippen molar-refractivity contribution in [3.8, 4) is 0 Å². The lowest BCUT2D eigenvalue weighted by molar-refractivity contribution is -0.137. The molecule has 0 saturated carbocycles. The van der Waals surface area contributed by atoms with Crippen LogP contribution < -0.4 is 5.32 Å². The number of carbonyl (C=O) groups excluding carboxylic acids is 2. The summed E-state index contributed by atoms with van der Waals surface area (Å²) in [5, 5.41) is 2.90. The van der Waals surface area contributed by atoms with Crippen molar-refractivity contribution in [2.24, 2.45) is 5.92 Å². The van der Waals surface area contributed by atoms with Crippen molar-refractivity contribution in [2.75, 3.05) is 53.0 Å². The first-order valence-corrected chi connectivity index (χ1v) is 6.78. The molecular weight excluding hydrogens is 246 g/mol. The van der Waals surface area contributed by atoms with Gasteiger partial charge in [-0.05, 0) is 5.92 Å². The SMILES string of the molecule is COCC(=O)N1CCN(CC(=O)NCC(C)C)CC1. The molecule has 1 aliphatic rings. The topological polar surface area (TPSA) is 61.9 Å². The van der Waals surface area contributed by atoms with Crippen LogP contribution in [-0.2, 0) is 14.3 Å². The molecule has 1 saturated heterocycles.